The summed E-state index contributed by atoms with van der Waals surface area (Å²) in [5.41, 5.74) is 0.906. The lowest BCUT2D eigenvalue weighted by atomic mass is 9.92. The molecule has 0 radical (unpaired) electrons. The van der Waals surface area contributed by atoms with Crippen molar-refractivity contribution in [2.75, 3.05) is 0 Å². The van der Waals surface area contributed by atoms with Gasteiger partial charge in [-0.3, -0.25) is 0 Å². The van der Waals surface area contributed by atoms with Gasteiger partial charge < -0.3 is 5.11 Å². The SMILES string of the molecule is CC(CC(O)c1ccc(C(F)(F)F)cc1)c1ccccc1. The molecule has 2 atom stereocenters. The third-order valence-corrected chi connectivity index (χ3v) is 3.57. The first-order valence-electron chi connectivity index (χ1n) is 6.78. The molecule has 1 nitrogen and oxygen atoms in total. The first kappa shape index (κ1) is 15.6. The molecule has 0 bridgehead atoms. The number of rotatable bonds is 4. The van der Waals surface area contributed by atoms with E-state index in [1.165, 1.54) is 12.1 Å². The Kier molecular flexibility index (Phi) is 4.68. The maximum absolute atomic E-state index is 12.5. The van der Waals surface area contributed by atoms with Crippen molar-refractivity contribution >= 4 is 0 Å². The highest BCUT2D eigenvalue weighted by Gasteiger charge is 2.30. The molecule has 0 spiro atoms. The molecule has 2 unspecified atom stereocenters. The average molecular weight is 294 g/mol. The van der Waals surface area contributed by atoms with E-state index in [9.17, 15) is 18.3 Å². The van der Waals surface area contributed by atoms with E-state index in [4.69, 9.17) is 0 Å². The Hall–Kier alpha value is -1.81. The van der Waals surface area contributed by atoms with E-state index in [2.05, 4.69) is 0 Å². The molecule has 2 rings (SSSR count). The molecule has 0 amide bonds. The molecule has 1 N–H and O–H groups in total. The topological polar surface area (TPSA) is 20.2 Å². The van der Waals surface area contributed by atoms with E-state index in [0.29, 0.717) is 12.0 Å². The van der Waals surface area contributed by atoms with E-state index in [1.54, 1.807) is 0 Å². The molecular weight excluding hydrogens is 277 g/mol. The fraction of sp³-hybridized carbons (Fsp3) is 0.294. The standard InChI is InChI=1S/C17H17F3O/c1-12(13-5-3-2-4-6-13)11-16(21)14-7-9-15(10-8-14)17(18,19)20/h2-10,12,16,21H,11H2,1H3. The molecule has 0 aromatic heterocycles. The Morgan fingerprint density at radius 1 is 0.905 bits per heavy atom. The monoisotopic (exact) mass is 294 g/mol. The van der Waals surface area contributed by atoms with Crippen molar-refractivity contribution in [2.24, 2.45) is 0 Å². The van der Waals surface area contributed by atoms with Crippen LogP contribution in [0, 0.1) is 0 Å². The van der Waals surface area contributed by atoms with Gasteiger partial charge in [-0.2, -0.15) is 13.2 Å². The van der Waals surface area contributed by atoms with Crippen molar-refractivity contribution in [1.29, 1.82) is 0 Å². The summed E-state index contributed by atoms with van der Waals surface area (Å²) in [6, 6.07) is 14.4. The second-order valence-electron chi connectivity index (χ2n) is 5.18. The van der Waals surface area contributed by atoms with Gasteiger partial charge in [0.1, 0.15) is 0 Å². The summed E-state index contributed by atoms with van der Waals surface area (Å²) in [5, 5.41) is 10.2. The van der Waals surface area contributed by atoms with Gasteiger partial charge in [0.25, 0.3) is 0 Å². The summed E-state index contributed by atoms with van der Waals surface area (Å²) in [5.74, 6) is 0.128. The maximum Gasteiger partial charge on any atom is 0.416 e. The lowest BCUT2D eigenvalue weighted by molar-refractivity contribution is -0.137. The fourth-order valence-electron chi connectivity index (χ4n) is 2.28. The largest absolute Gasteiger partial charge is 0.416 e. The van der Waals surface area contributed by atoms with E-state index in [1.807, 2.05) is 37.3 Å². The molecule has 0 saturated heterocycles. The van der Waals surface area contributed by atoms with Gasteiger partial charge in [-0.15, -0.1) is 0 Å². The Bertz CT molecular complexity index is 561. The molecule has 4 heteroatoms. The third kappa shape index (κ3) is 4.08. The summed E-state index contributed by atoms with van der Waals surface area (Å²) in [7, 11) is 0. The van der Waals surface area contributed by atoms with Crippen LogP contribution in [0.4, 0.5) is 13.2 Å². The molecule has 0 fully saturated rings. The highest BCUT2D eigenvalue weighted by molar-refractivity contribution is 5.27. The zero-order valence-electron chi connectivity index (χ0n) is 11.6. The Morgan fingerprint density at radius 3 is 2.00 bits per heavy atom. The highest BCUT2D eigenvalue weighted by Crippen LogP contribution is 2.32. The van der Waals surface area contributed by atoms with Crippen LogP contribution in [0.3, 0.4) is 0 Å². The second-order valence-corrected chi connectivity index (χ2v) is 5.18. The highest BCUT2D eigenvalue weighted by atomic mass is 19.4. The van der Waals surface area contributed by atoms with Crippen molar-refractivity contribution < 1.29 is 18.3 Å². The van der Waals surface area contributed by atoms with Gasteiger partial charge in [-0.25, -0.2) is 0 Å². The molecule has 0 heterocycles. The molecule has 2 aromatic rings. The lowest BCUT2D eigenvalue weighted by Crippen LogP contribution is -2.07. The molecule has 0 aliphatic heterocycles. The van der Waals surface area contributed by atoms with Crippen molar-refractivity contribution in [1.82, 2.24) is 0 Å². The minimum atomic E-state index is -4.35. The number of aliphatic hydroxyl groups excluding tert-OH is 1. The van der Waals surface area contributed by atoms with Gasteiger partial charge in [0.15, 0.2) is 0 Å². The molecule has 112 valence electrons. The van der Waals surface area contributed by atoms with Crippen molar-refractivity contribution in [3.8, 4) is 0 Å². The summed E-state index contributed by atoms with van der Waals surface area (Å²) < 4.78 is 37.5. The molecule has 0 aliphatic carbocycles. The number of halogens is 3. The van der Waals surface area contributed by atoms with Crippen LogP contribution in [0.5, 0.6) is 0 Å². The van der Waals surface area contributed by atoms with E-state index in [-0.39, 0.29) is 5.92 Å². The van der Waals surface area contributed by atoms with Crippen LogP contribution in [0.15, 0.2) is 54.6 Å². The van der Waals surface area contributed by atoms with Crippen LogP contribution in [0.2, 0.25) is 0 Å². The minimum absolute atomic E-state index is 0.128. The van der Waals surface area contributed by atoms with Crippen molar-refractivity contribution in [3.63, 3.8) is 0 Å². The smallest absolute Gasteiger partial charge is 0.388 e. The van der Waals surface area contributed by atoms with E-state index >= 15 is 0 Å². The zero-order valence-corrected chi connectivity index (χ0v) is 11.6. The zero-order chi connectivity index (χ0) is 15.5. The minimum Gasteiger partial charge on any atom is -0.388 e. The number of hydrogen-bond acceptors (Lipinski definition) is 1. The summed E-state index contributed by atoms with van der Waals surface area (Å²) in [6.45, 7) is 1.99. The summed E-state index contributed by atoms with van der Waals surface area (Å²) in [4.78, 5) is 0. The quantitative estimate of drug-likeness (QED) is 0.847. The fourth-order valence-corrected chi connectivity index (χ4v) is 2.28. The van der Waals surface area contributed by atoms with Crippen LogP contribution < -0.4 is 0 Å². The van der Waals surface area contributed by atoms with E-state index < -0.39 is 17.8 Å². The summed E-state index contributed by atoms with van der Waals surface area (Å²) >= 11 is 0. The normalized spacial score (nSPS) is 14.7. The number of aliphatic hydroxyl groups is 1. The van der Waals surface area contributed by atoms with Gasteiger partial charge in [-0.1, -0.05) is 49.4 Å². The molecular formula is C17H17F3O. The maximum atomic E-state index is 12.5. The first-order valence-corrected chi connectivity index (χ1v) is 6.78. The molecule has 2 aromatic carbocycles. The Balaban J connectivity index is 2.05. The number of benzene rings is 2. The predicted molar refractivity (Wildman–Crippen MR) is 75.9 cm³/mol. The van der Waals surface area contributed by atoms with Gasteiger partial charge in [0.05, 0.1) is 11.7 Å². The lowest BCUT2D eigenvalue weighted by Gasteiger charge is -2.17. The Labute approximate surface area is 122 Å². The number of alkyl halides is 3. The van der Waals surface area contributed by atoms with Crippen molar-refractivity contribution in [3.05, 3.63) is 71.3 Å². The third-order valence-electron chi connectivity index (χ3n) is 3.57. The number of hydrogen-bond donors (Lipinski definition) is 1. The Morgan fingerprint density at radius 2 is 1.48 bits per heavy atom. The van der Waals surface area contributed by atoms with Gasteiger partial charge in [-0.05, 0) is 35.6 Å². The first-order chi connectivity index (χ1) is 9.88. The van der Waals surface area contributed by atoms with Gasteiger partial charge >= 0.3 is 6.18 Å². The van der Waals surface area contributed by atoms with Crippen LogP contribution >= 0.6 is 0 Å². The van der Waals surface area contributed by atoms with Crippen molar-refractivity contribution in [2.45, 2.75) is 31.5 Å². The molecule has 0 saturated carbocycles. The van der Waals surface area contributed by atoms with Gasteiger partial charge in [0.2, 0.25) is 0 Å². The average Bonchev–Trinajstić information content (AvgIpc) is 2.47. The summed E-state index contributed by atoms with van der Waals surface area (Å²) in [6.07, 6.45) is -4.65. The van der Waals surface area contributed by atoms with Crippen LogP contribution in [0.25, 0.3) is 0 Å². The van der Waals surface area contributed by atoms with E-state index in [0.717, 1.165) is 17.7 Å². The van der Waals surface area contributed by atoms with Crippen LogP contribution in [0.1, 0.15) is 42.1 Å². The second kappa shape index (κ2) is 6.31. The van der Waals surface area contributed by atoms with Gasteiger partial charge in [0, 0.05) is 0 Å². The van der Waals surface area contributed by atoms with Crippen LogP contribution in [-0.4, -0.2) is 5.11 Å². The predicted octanol–water partition coefficient (Wildman–Crippen LogP) is 4.93. The molecule has 21 heavy (non-hydrogen) atoms. The molecule has 0 aliphatic rings. The van der Waals surface area contributed by atoms with Crippen LogP contribution in [-0.2, 0) is 6.18 Å².